The Morgan fingerprint density at radius 3 is 3.08 bits per heavy atom. The van der Waals surface area contributed by atoms with E-state index in [0.717, 1.165) is 26.1 Å². The van der Waals surface area contributed by atoms with Gasteiger partial charge in [0, 0.05) is 13.2 Å². The average Bonchev–Trinajstić information content (AvgIpc) is 2.18. The highest BCUT2D eigenvalue weighted by atomic mass is 16.5. The molecule has 0 spiro atoms. The molecule has 4 nitrogen and oxygen atoms in total. The fourth-order valence-electron chi connectivity index (χ4n) is 1.60. The maximum Gasteiger partial charge on any atom is 0.322 e. The molecule has 1 saturated heterocycles. The highest BCUT2D eigenvalue weighted by Crippen LogP contribution is 2.18. The number of nitrogens with two attached hydrogens (primary N) is 1. The van der Waals surface area contributed by atoms with Gasteiger partial charge in [-0.1, -0.05) is 0 Å². The molecule has 13 heavy (non-hydrogen) atoms. The molecule has 0 amide bonds. The Morgan fingerprint density at radius 2 is 2.54 bits per heavy atom. The average molecular weight is 187 g/mol. The monoisotopic (exact) mass is 187 g/mol. The predicted octanol–water partition coefficient (Wildman–Crippen LogP) is 0.303. The Balaban J connectivity index is 2.25. The SMILES string of the molecule is COC(=O)[C@@H](N)C[C@H]1CCCOC1. The lowest BCUT2D eigenvalue weighted by atomic mass is 9.95. The van der Waals surface area contributed by atoms with Crippen LogP contribution in [-0.4, -0.2) is 32.3 Å². The molecule has 0 radical (unpaired) electrons. The zero-order chi connectivity index (χ0) is 9.68. The maximum absolute atomic E-state index is 11.0. The van der Waals surface area contributed by atoms with Gasteiger partial charge < -0.3 is 15.2 Å². The molecule has 0 aliphatic carbocycles. The molecule has 2 N–H and O–H groups in total. The van der Waals surface area contributed by atoms with Crippen LogP contribution in [0.1, 0.15) is 19.3 Å². The molecule has 0 aromatic carbocycles. The van der Waals surface area contributed by atoms with E-state index in [0.29, 0.717) is 12.3 Å². The highest BCUT2D eigenvalue weighted by molar-refractivity contribution is 5.75. The van der Waals surface area contributed by atoms with Crippen molar-refractivity contribution in [3.8, 4) is 0 Å². The minimum Gasteiger partial charge on any atom is -0.468 e. The minimum absolute atomic E-state index is 0.328. The van der Waals surface area contributed by atoms with Crippen LogP contribution in [0.15, 0.2) is 0 Å². The zero-order valence-corrected chi connectivity index (χ0v) is 7.99. The summed E-state index contributed by atoms with van der Waals surface area (Å²) in [6.45, 7) is 1.56. The third-order valence-corrected chi connectivity index (χ3v) is 2.35. The molecule has 0 unspecified atom stereocenters. The second-order valence-corrected chi connectivity index (χ2v) is 3.45. The fraction of sp³-hybridized carbons (Fsp3) is 0.889. The summed E-state index contributed by atoms with van der Waals surface area (Å²) in [6, 6.07) is -0.489. The molecule has 0 aromatic rings. The summed E-state index contributed by atoms with van der Waals surface area (Å²) >= 11 is 0. The van der Waals surface area contributed by atoms with Gasteiger partial charge in [0.1, 0.15) is 6.04 Å². The summed E-state index contributed by atoms with van der Waals surface area (Å²) in [4.78, 5) is 11.0. The van der Waals surface area contributed by atoms with Crippen molar-refractivity contribution in [1.29, 1.82) is 0 Å². The molecule has 1 fully saturated rings. The number of hydrogen-bond acceptors (Lipinski definition) is 4. The molecular formula is C9H17NO3. The number of rotatable bonds is 3. The third kappa shape index (κ3) is 3.32. The normalized spacial score (nSPS) is 25.2. The summed E-state index contributed by atoms with van der Waals surface area (Å²) in [5.41, 5.74) is 5.63. The lowest BCUT2D eigenvalue weighted by Crippen LogP contribution is -2.35. The standard InChI is InChI=1S/C9H17NO3/c1-12-9(11)8(10)5-7-3-2-4-13-6-7/h7-8H,2-6,10H2,1H3/t7-,8+/m1/s1. The number of hydrogen-bond donors (Lipinski definition) is 1. The van der Waals surface area contributed by atoms with E-state index < -0.39 is 6.04 Å². The predicted molar refractivity (Wildman–Crippen MR) is 48.2 cm³/mol. The van der Waals surface area contributed by atoms with Crippen molar-refractivity contribution in [2.75, 3.05) is 20.3 Å². The first-order chi connectivity index (χ1) is 6.24. The number of carbonyl (C=O) groups is 1. The minimum atomic E-state index is -0.489. The van der Waals surface area contributed by atoms with Crippen LogP contribution in [0, 0.1) is 5.92 Å². The van der Waals surface area contributed by atoms with E-state index in [2.05, 4.69) is 4.74 Å². The van der Waals surface area contributed by atoms with E-state index in [1.807, 2.05) is 0 Å². The van der Waals surface area contributed by atoms with Crippen molar-refractivity contribution >= 4 is 5.97 Å². The Bertz CT molecular complexity index is 166. The molecule has 0 aromatic heterocycles. The maximum atomic E-state index is 11.0. The first-order valence-electron chi connectivity index (χ1n) is 4.65. The number of esters is 1. The van der Waals surface area contributed by atoms with Crippen LogP contribution in [0.4, 0.5) is 0 Å². The molecule has 1 aliphatic heterocycles. The third-order valence-electron chi connectivity index (χ3n) is 2.35. The Labute approximate surface area is 78.4 Å². The van der Waals surface area contributed by atoms with Gasteiger partial charge in [0.2, 0.25) is 0 Å². The van der Waals surface area contributed by atoms with Crippen molar-refractivity contribution in [2.45, 2.75) is 25.3 Å². The van der Waals surface area contributed by atoms with Crippen LogP contribution in [0.5, 0.6) is 0 Å². The topological polar surface area (TPSA) is 61.5 Å². The van der Waals surface area contributed by atoms with E-state index in [-0.39, 0.29) is 5.97 Å². The van der Waals surface area contributed by atoms with Gasteiger partial charge in [-0.2, -0.15) is 0 Å². The second-order valence-electron chi connectivity index (χ2n) is 3.45. The largest absolute Gasteiger partial charge is 0.468 e. The molecule has 1 rings (SSSR count). The summed E-state index contributed by atoms with van der Waals surface area (Å²) in [6.07, 6.45) is 2.84. The first kappa shape index (κ1) is 10.5. The van der Waals surface area contributed by atoms with Crippen LogP contribution in [0.3, 0.4) is 0 Å². The van der Waals surface area contributed by atoms with Gasteiger partial charge >= 0.3 is 5.97 Å². The molecule has 0 saturated carbocycles. The van der Waals surface area contributed by atoms with Crippen LogP contribution in [0.2, 0.25) is 0 Å². The van der Waals surface area contributed by atoms with Crippen molar-refractivity contribution in [2.24, 2.45) is 11.7 Å². The molecule has 1 aliphatic rings. The second kappa shape index (κ2) is 5.19. The summed E-state index contributed by atoms with van der Waals surface area (Å²) < 4.78 is 9.84. The van der Waals surface area contributed by atoms with Crippen LogP contribution in [0.25, 0.3) is 0 Å². The van der Waals surface area contributed by atoms with Crippen molar-refractivity contribution in [1.82, 2.24) is 0 Å². The van der Waals surface area contributed by atoms with E-state index in [9.17, 15) is 4.79 Å². The summed E-state index contributed by atoms with van der Waals surface area (Å²) in [5.74, 6) is 0.0911. The van der Waals surface area contributed by atoms with Crippen molar-refractivity contribution in [3.63, 3.8) is 0 Å². The molecule has 4 heteroatoms. The van der Waals surface area contributed by atoms with Crippen LogP contribution in [-0.2, 0) is 14.3 Å². The number of carbonyl (C=O) groups excluding carboxylic acids is 1. The highest BCUT2D eigenvalue weighted by Gasteiger charge is 2.21. The van der Waals surface area contributed by atoms with Gasteiger partial charge in [-0.05, 0) is 25.2 Å². The van der Waals surface area contributed by atoms with Gasteiger partial charge in [-0.3, -0.25) is 4.79 Å². The van der Waals surface area contributed by atoms with E-state index in [4.69, 9.17) is 10.5 Å². The molecule has 0 bridgehead atoms. The summed E-state index contributed by atoms with van der Waals surface area (Å²) in [7, 11) is 1.36. The number of ether oxygens (including phenoxy) is 2. The van der Waals surface area contributed by atoms with E-state index >= 15 is 0 Å². The Kier molecular flexibility index (Phi) is 4.18. The summed E-state index contributed by atoms with van der Waals surface area (Å²) in [5, 5.41) is 0. The molecule has 76 valence electrons. The van der Waals surface area contributed by atoms with Gasteiger partial charge in [0.05, 0.1) is 7.11 Å². The lowest BCUT2D eigenvalue weighted by molar-refractivity contribution is -0.142. The van der Waals surface area contributed by atoms with Gasteiger partial charge in [0.15, 0.2) is 0 Å². The smallest absolute Gasteiger partial charge is 0.322 e. The van der Waals surface area contributed by atoms with Crippen LogP contribution >= 0.6 is 0 Å². The lowest BCUT2D eigenvalue weighted by Gasteiger charge is -2.23. The van der Waals surface area contributed by atoms with Gasteiger partial charge in [0.25, 0.3) is 0 Å². The van der Waals surface area contributed by atoms with E-state index in [1.54, 1.807) is 0 Å². The molecule has 1 heterocycles. The number of methoxy groups -OCH3 is 1. The van der Waals surface area contributed by atoms with E-state index in [1.165, 1.54) is 7.11 Å². The molecular weight excluding hydrogens is 170 g/mol. The quantitative estimate of drug-likeness (QED) is 0.646. The Hall–Kier alpha value is -0.610. The van der Waals surface area contributed by atoms with Gasteiger partial charge in [-0.15, -0.1) is 0 Å². The van der Waals surface area contributed by atoms with Crippen molar-refractivity contribution < 1.29 is 14.3 Å². The van der Waals surface area contributed by atoms with Gasteiger partial charge in [-0.25, -0.2) is 0 Å². The molecule has 2 atom stereocenters. The zero-order valence-electron chi connectivity index (χ0n) is 7.99. The Morgan fingerprint density at radius 1 is 1.77 bits per heavy atom. The van der Waals surface area contributed by atoms with Crippen LogP contribution < -0.4 is 5.73 Å². The fourth-order valence-corrected chi connectivity index (χ4v) is 1.60. The first-order valence-corrected chi connectivity index (χ1v) is 4.65. The van der Waals surface area contributed by atoms with Crippen molar-refractivity contribution in [3.05, 3.63) is 0 Å².